The van der Waals surface area contributed by atoms with Gasteiger partial charge in [0, 0.05) is 17.9 Å². The van der Waals surface area contributed by atoms with Crippen LogP contribution in [0.15, 0.2) is 54.6 Å². The van der Waals surface area contributed by atoms with Crippen molar-refractivity contribution >= 4 is 21.4 Å². The molecule has 4 nitrogen and oxygen atoms in total. The molecule has 0 spiro atoms. The molecule has 2 rings (SSSR count). The minimum atomic E-state index is -3.34. The van der Waals surface area contributed by atoms with Gasteiger partial charge in [-0.15, -0.1) is 0 Å². The van der Waals surface area contributed by atoms with Crippen molar-refractivity contribution in [2.24, 2.45) is 5.92 Å². The smallest absolute Gasteiger partial charge is 0.233 e. The fourth-order valence-electron chi connectivity index (χ4n) is 2.11. The number of hydrogen-bond donors (Lipinski definition) is 2. The van der Waals surface area contributed by atoms with E-state index in [1.165, 1.54) is 0 Å². The molecule has 0 radical (unpaired) electrons. The van der Waals surface area contributed by atoms with E-state index in [0.717, 1.165) is 17.8 Å². The number of rotatable bonds is 8. The lowest BCUT2D eigenvalue weighted by molar-refractivity contribution is 0.600. The summed E-state index contributed by atoms with van der Waals surface area (Å²) in [5, 5.41) is 3.30. The number of aryl methyl sites for hydroxylation is 1. The summed E-state index contributed by atoms with van der Waals surface area (Å²) in [7, 11) is -3.34. The van der Waals surface area contributed by atoms with Crippen LogP contribution in [0.4, 0.5) is 11.4 Å². The molecule has 2 N–H and O–H groups in total. The third kappa shape index (κ3) is 6.32. The van der Waals surface area contributed by atoms with Crippen molar-refractivity contribution in [1.82, 2.24) is 0 Å². The van der Waals surface area contributed by atoms with E-state index in [4.69, 9.17) is 0 Å². The average Bonchev–Trinajstić information content (AvgIpc) is 2.53. The topological polar surface area (TPSA) is 58.2 Å². The van der Waals surface area contributed by atoms with Gasteiger partial charge >= 0.3 is 0 Å². The van der Waals surface area contributed by atoms with E-state index in [1.807, 2.05) is 42.5 Å². The maximum atomic E-state index is 12.1. The Hall–Kier alpha value is -2.01. The Bertz CT molecular complexity index is 696. The first kappa shape index (κ1) is 17.3. The highest BCUT2D eigenvalue weighted by Crippen LogP contribution is 2.15. The fourth-order valence-corrected chi connectivity index (χ4v) is 3.21. The van der Waals surface area contributed by atoms with Gasteiger partial charge in [-0.1, -0.05) is 44.2 Å². The molecule has 0 aromatic heterocycles. The minimum Gasteiger partial charge on any atom is -0.385 e. The van der Waals surface area contributed by atoms with E-state index in [2.05, 4.69) is 23.9 Å². The Morgan fingerprint density at radius 2 is 1.52 bits per heavy atom. The van der Waals surface area contributed by atoms with Gasteiger partial charge in [-0.05, 0) is 42.2 Å². The van der Waals surface area contributed by atoms with Gasteiger partial charge in [-0.25, -0.2) is 8.42 Å². The standard InChI is InChI=1S/C18H24N2O2S/c1-15(2)14-19-17-8-10-18(11-9-17)20-23(21,22)13-12-16-6-4-3-5-7-16/h3-11,15,19-20H,12-14H2,1-2H3. The highest BCUT2D eigenvalue weighted by Gasteiger charge is 2.10. The van der Waals surface area contributed by atoms with Crippen molar-refractivity contribution in [2.75, 3.05) is 22.3 Å². The molecule has 5 heteroatoms. The second-order valence-electron chi connectivity index (χ2n) is 6.01. The summed E-state index contributed by atoms with van der Waals surface area (Å²) in [4.78, 5) is 0. The molecule has 0 bridgehead atoms. The van der Waals surface area contributed by atoms with Gasteiger partial charge in [0.2, 0.25) is 10.0 Å². The molecule has 0 saturated carbocycles. The third-order valence-electron chi connectivity index (χ3n) is 3.37. The monoisotopic (exact) mass is 332 g/mol. The zero-order valence-corrected chi connectivity index (χ0v) is 14.4. The van der Waals surface area contributed by atoms with Crippen molar-refractivity contribution in [2.45, 2.75) is 20.3 Å². The van der Waals surface area contributed by atoms with Crippen LogP contribution < -0.4 is 10.0 Å². The van der Waals surface area contributed by atoms with Gasteiger partial charge in [0.15, 0.2) is 0 Å². The van der Waals surface area contributed by atoms with Crippen LogP contribution in [0.2, 0.25) is 0 Å². The number of benzene rings is 2. The molecule has 0 aliphatic rings. The van der Waals surface area contributed by atoms with Gasteiger partial charge in [-0.2, -0.15) is 0 Å². The number of sulfonamides is 1. The van der Waals surface area contributed by atoms with Crippen LogP contribution in [-0.4, -0.2) is 20.7 Å². The first-order valence-corrected chi connectivity index (χ1v) is 9.48. The fraction of sp³-hybridized carbons (Fsp3) is 0.333. The number of hydrogen-bond acceptors (Lipinski definition) is 3. The molecule has 0 amide bonds. The summed E-state index contributed by atoms with van der Waals surface area (Å²) < 4.78 is 26.9. The van der Waals surface area contributed by atoms with Crippen molar-refractivity contribution in [3.8, 4) is 0 Å². The van der Waals surface area contributed by atoms with Crippen molar-refractivity contribution in [1.29, 1.82) is 0 Å². The molecule has 0 atom stereocenters. The Morgan fingerprint density at radius 1 is 0.913 bits per heavy atom. The predicted molar refractivity (Wildman–Crippen MR) is 97.3 cm³/mol. The Kier molecular flexibility index (Phi) is 6.04. The molecule has 0 aliphatic carbocycles. The maximum Gasteiger partial charge on any atom is 0.233 e. The third-order valence-corrected chi connectivity index (χ3v) is 4.66. The zero-order valence-electron chi connectivity index (χ0n) is 13.6. The van der Waals surface area contributed by atoms with Crippen molar-refractivity contribution in [3.63, 3.8) is 0 Å². The van der Waals surface area contributed by atoms with Crippen molar-refractivity contribution in [3.05, 3.63) is 60.2 Å². The molecule has 2 aromatic carbocycles. The molecule has 0 unspecified atom stereocenters. The number of anilines is 2. The molecular weight excluding hydrogens is 308 g/mol. The minimum absolute atomic E-state index is 0.0738. The summed E-state index contributed by atoms with van der Waals surface area (Å²) in [6.07, 6.45) is 0.504. The van der Waals surface area contributed by atoms with Crippen LogP contribution in [0.1, 0.15) is 19.4 Å². The lowest BCUT2D eigenvalue weighted by Crippen LogP contribution is -2.18. The number of nitrogens with one attached hydrogen (secondary N) is 2. The van der Waals surface area contributed by atoms with E-state index in [0.29, 0.717) is 18.0 Å². The molecule has 0 fully saturated rings. The second kappa shape index (κ2) is 8.02. The largest absolute Gasteiger partial charge is 0.385 e. The van der Waals surface area contributed by atoms with E-state index >= 15 is 0 Å². The molecule has 0 heterocycles. The van der Waals surface area contributed by atoms with E-state index in [9.17, 15) is 8.42 Å². The summed E-state index contributed by atoms with van der Waals surface area (Å²) >= 11 is 0. The molecule has 0 saturated heterocycles. The van der Waals surface area contributed by atoms with Crippen LogP contribution >= 0.6 is 0 Å². The van der Waals surface area contributed by atoms with Gasteiger partial charge in [0.1, 0.15) is 0 Å². The van der Waals surface area contributed by atoms with E-state index < -0.39 is 10.0 Å². The second-order valence-corrected chi connectivity index (χ2v) is 7.85. The summed E-state index contributed by atoms with van der Waals surface area (Å²) in [5.41, 5.74) is 2.60. The molecule has 23 heavy (non-hydrogen) atoms. The van der Waals surface area contributed by atoms with Crippen LogP contribution in [0, 0.1) is 5.92 Å². The highest BCUT2D eigenvalue weighted by molar-refractivity contribution is 7.92. The first-order chi connectivity index (χ1) is 10.9. The Labute approximate surface area is 139 Å². The van der Waals surface area contributed by atoms with Gasteiger partial charge < -0.3 is 5.32 Å². The summed E-state index contributed by atoms with van der Waals surface area (Å²) in [5.74, 6) is 0.635. The first-order valence-electron chi connectivity index (χ1n) is 7.83. The van der Waals surface area contributed by atoms with Gasteiger partial charge in [0.25, 0.3) is 0 Å². The molecule has 0 aliphatic heterocycles. The zero-order chi connectivity index (χ0) is 16.7. The van der Waals surface area contributed by atoms with Crippen LogP contribution in [0.3, 0.4) is 0 Å². The molecule has 124 valence electrons. The normalized spacial score (nSPS) is 11.4. The molecule has 2 aromatic rings. The SMILES string of the molecule is CC(C)CNc1ccc(NS(=O)(=O)CCc2ccccc2)cc1. The van der Waals surface area contributed by atoms with E-state index in [1.54, 1.807) is 12.1 Å². The van der Waals surface area contributed by atoms with Crippen LogP contribution in [0.25, 0.3) is 0 Å². The maximum absolute atomic E-state index is 12.1. The molecular formula is C18H24N2O2S. The summed E-state index contributed by atoms with van der Waals surface area (Å²) in [6, 6.07) is 17.0. The van der Waals surface area contributed by atoms with Crippen molar-refractivity contribution < 1.29 is 8.42 Å². The predicted octanol–water partition coefficient (Wildman–Crippen LogP) is 3.74. The van der Waals surface area contributed by atoms with Crippen LogP contribution in [0.5, 0.6) is 0 Å². The van der Waals surface area contributed by atoms with Gasteiger partial charge in [-0.3, -0.25) is 4.72 Å². The van der Waals surface area contributed by atoms with Gasteiger partial charge in [0.05, 0.1) is 5.75 Å². The van der Waals surface area contributed by atoms with Crippen LogP contribution in [-0.2, 0) is 16.4 Å². The quantitative estimate of drug-likeness (QED) is 0.774. The highest BCUT2D eigenvalue weighted by atomic mass is 32.2. The lowest BCUT2D eigenvalue weighted by atomic mass is 10.2. The van der Waals surface area contributed by atoms with E-state index in [-0.39, 0.29) is 5.75 Å². The Balaban J connectivity index is 1.89. The average molecular weight is 332 g/mol. The lowest BCUT2D eigenvalue weighted by Gasteiger charge is -2.11. The summed E-state index contributed by atoms with van der Waals surface area (Å²) in [6.45, 7) is 5.17. The Morgan fingerprint density at radius 3 is 2.13 bits per heavy atom.